The molecule has 0 aliphatic carbocycles. The van der Waals surface area contributed by atoms with Crippen molar-refractivity contribution in [3.63, 3.8) is 0 Å². The van der Waals surface area contributed by atoms with Crippen LogP contribution in [0.15, 0.2) is 39.9 Å². The van der Waals surface area contributed by atoms with Crippen LogP contribution >= 0.6 is 0 Å². The Hall–Kier alpha value is -3.36. The maximum absolute atomic E-state index is 12.8. The fourth-order valence-electron chi connectivity index (χ4n) is 3.28. The monoisotopic (exact) mass is 414 g/mol. The largest absolute Gasteiger partial charge is 0.486 e. The molecule has 1 N–H and O–H groups in total. The third kappa shape index (κ3) is 4.97. The molecule has 2 aromatic heterocycles. The van der Waals surface area contributed by atoms with Gasteiger partial charge in [0.2, 0.25) is 0 Å². The molecule has 0 bridgehead atoms. The average Bonchev–Trinajstić information content (AvgIpc) is 3.15. The third-order valence-corrected chi connectivity index (χ3v) is 4.76. The van der Waals surface area contributed by atoms with Crippen molar-refractivity contribution in [1.29, 1.82) is 0 Å². The van der Waals surface area contributed by atoms with Crippen LogP contribution in [0.3, 0.4) is 0 Å². The van der Waals surface area contributed by atoms with Crippen molar-refractivity contribution in [2.75, 3.05) is 0 Å². The zero-order valence-corrected chi connectivity index (χ0v) is 17.4. The first-order chi connectivity index (χ1) is 14.4. The van der Waals surface area contributed by atoms with Gasteiger partial charge in [0.1, 0.15) is 23.7 Å². The first-order valence-electron chi connectivity index (χ1n) is 9.90. The molecule has 1 atom stereocenters. The van der Waals surface area contributed by atoms with Gasteiger partial charge in [0.15, 0.2) is 5.65 Å². The van der Waals surface area contributed by atoms with Gasteiger partial charge in [0.25, 0.3) is 5.56 Å². The second-order valence-electron chi connectivity index (χ2n) is 7.20. The van der Waals surface area contributed by atoms with Crippen LogP contribution in [0.5, 0.6) is 5.75 Å². The number of esters is 1. The minimum atomic E-state index is -0.414. The molecule has 0 aliphatic rings. The highest BCUT2D eigenvalue weighted by atomic mass is 16.5. The molecule has 3 rings (SSSR count). The molecule has 0 aliphatic heterocycles. The summed E-state index contributed by atoms with van der Waals surface area (Å²) in [6, 6.07) is 9.28. The van der Waals surface area contributed by atoms with Gasteiger partial charge in [-0.15, -0.1) is 0 Å². The molecule has 9 heteroatoms. The van der Waals surface area contributed by atoms with E-state index in [0.29, 0.717) is 30.1 Å². The van der Waals surface area contributed by atoms with Gasteiger partial charge in [-0.3, -0.25) is 18.7 Å². The topological polar surface area (TPSA) is 108 Å². The minimum Gasteiger partial charge on any atom is -0.486 e. The summed E-state index contributed by atoms with van der Waals surface area (Å²) in [6.45, 7) is 3.63. The summed E-state index contributed by atoms with van der Waals surface area (Å²) in [4.78, 5) is 43.8. The summed E-state index contributed by atoms with van der Waals surface area (Å²) < 4.78 is 13.3. The van der Waals surface area contributed by atoms with Crippen molar-refractivity contribution < 1.29 is 14.3 Å². The summed E-state index contributed by atoms with van der Waals surface area (Å²) in [6.07, 6.45) is 1.82. The minimum absolute atomic E-state index is 0.153. The number of hydrogen-bond donors (Lipinski definition) is 1. The summed E-state index contributed by atoms with van der Waals surface area (Å²) in [7, 11) is 1.59. The number of fused-ring (bicyclic) bond motifs is 1. The van der Waals surface area contributed by atoms with E-state index in [4.69, 9.17) is 9.47 Å². The van der Waals surface area contributed by atoms with Gasteiger partial charge in [-0.2, -0.15) is 0 Å². The smallest absolute Gasteiger partial charge is 0.332 e. The lowest BCUT2D eigenvalue weighted by atomic mass is 10.2. The van der Waals surface area contributed by atoms with Gasteiger partial charge < -0.3 is 14.5 Å². The second-order valence-corrected chi connectivity index (χ2v) is 7.20. The zero-order valence-electron chi connectivity index (χ0n) is 17.4. The first kappa shape index (κ1) is 21.4. The van der Waals surface area contributed by atoms with E-state index in [2.05, 4.69) is 9.97 Å². The van der Waals surface area contributed by atoms with E-state index in [1.165, 1.54) is 16.1 Å². The van der Waals surface area contributed by atoms with Crippen molar-refractivity contribution >= 4 is 17.1 Å². The Morgan fingerprint density at radius 2 is 1.93 bits per heavy atom. The molecular formula is C21H26N4O5. The van der Waals surface area contributed by atoms with E-state index in [1.54, 1.807) is 7.05 Å². The zero-order chi connectivity index (χ0) is 21.7. The standard InChI is InChI=1S/C21H26N4O5/c1-14(30-15(2)26)9-7-8-12-25-20(27)18-19(24(3)21(25)28)23-17(22-18)13-29-16-10-5-4-6-11-16/h4-6,10-11,14H,7-9,12-13H2,1-3H3,(H,22,23). The molecule has 2 heterocycles. The van der Waals surface area contributed by atoms with Crippen LogP contribution in [-0.2, 0) is 29.7 Å². The third-order valence-electron chi connectivity index (χ3n) is 4.76. The maximum Gasteiger partial charge on any atom is 0.332 e. The summed E-state index contributed by atoms with van der Waals surface area (Å²) >= 11 is 0. The SMILES string of the molecule is CC(=O)OC(C)CCCCn1c(=O)c2[nH]c(COc3ccccc3)nc2n(C)c1=O. The van der Waals surface area contributed by atoms with Gasteiger partial charge in [-0.1, -0.05) is 18.2 Å². The number of unbranched alkanes of at least 4 members (excludes halogenated alkanes) is 1. The Balaban J connectivity index is 1.72. The lowest BCUT2D eigenvalue weighted by molar-refractivity contribution is -0.145. The van der Waals surface area contributed by atoms with Crippen LogP contribution < -0.4 is 16.0 Å². The Bertz CT molecular complexity index is 1130. The molecule has 30 heavy (non-hydrogen) atoms. The highest BCUT2D eigenvalue weighted by Crippen LogP contribution is 2.12. The van der Waals surface area contributed by atoms with Gasteiger partial charge in [0.05, 0.1) is 6.10 Å². The van der Waals surface area contributed by atoms with Crippen LogP contribution in [-0.4, -0.2) is 31.2 Å². The van der Waals surface area contributed by atoms with Crippen molar-refractivity contribution in [2.45, 2.75) is 52.4 Å². The number of imidazole rings is 1. The Labute approximate surface area is 173 Å². The lowest BCUT2D eigenvalue weighted by Crippen LogP contribution is -2.39. The maximum atomic E-state index is 12.8. The molecule has 160 valence electrons. The molecule has 0 radical (unpaired) electrons. The number of carbonyl (C=O) groups is 1. The molecule has 3 aromatic rings. The van der Waals surface area contributed by atoms with Crippen LogP contribution in [0.1, 0.15) is 38.9 Å². The Morgan fingerprint density at radius 3 is 2.63 bits per heavy atom. The van der Waals surface area contributed by atoms with E-state index in [1.807, 2.05) is 37.3 Å². The number of benzene rings is 1. The number of aromatic nitrogens is 4. The van der Waals surface area contributed by atoms with Crippen LogP contribution in [0.4, 0.5) is 0 Å². The number of rotatable bonds is 9. The first-order valence-corrected chi connectivity index (χ1v) is 9.90. The van der Waals surface area contributed by atoms with E-state index in [-0.39, 0.29) is 30.7 Å². The number of aromatic amines is 1. The van der Waals surface area contributed by atoms with E-state index in [9.17, 15) is 14.4 Å². The molecule has 9 nitrogen and oxygen atoms in total. The van der Waals surface area contributed by atoms with Crippen LogP contribution in [0.25, 0.3) is 11.2 Å². The fourth-order valence-corrected chi connectivity index (χ4v) is 3.28. The van der Waals surface area contributed by atoms with Crippen LogP contribution in [0, 0.1) is 0 Å². The van der Waals surface area contributed by atoms with Crippen molar-refractivity contribution in [1.82, 2.24) is 19.1 Å². The fraction of sp³-hybridized carbons (Fsp3) is 0.429. The summed E-state index contributed by atoms with van der Waals surface area (Å²) in [5.74, 6) is 0.838. The predicted octanol–water partition coefficient (Wildman–Crippen LogP) is 2.12. The number of H-pyrrole nitrogens is 1. The molecule has 1 unspecified atom stereocenters. The molecule has 0 saturated heterocycles. The molecular weight excluding hydrogens is 388 g/mol. The highest BCUT2D eigenvalue weighted by molar-refractivity contribution is 5.69. The quantitative estimate of drug-likeness (QED) is 0.424. The van der Waals surface area contributed by atoms with Gasteiger partial charge >= 0.3 is 11.7 Å². The molecule has 0 saturated carbocycles. The average molecular weight is 414 g/mol. The molecule has 0 amide bonds. The van der Waals surface area contributed by atoms with Gasteiger partial charge in [0, 0.05) is 20.5 Å². The summed E-state index contributed by atoms with van der Waals surface area (Å²) in [5.41, 5.74) is -0.240. The number of carbonyl (C=O) groups excluding carboxylic acids is 1. The molecule has 0 spiro atoms. The van der Waals surface area contributed by atoms with Crippen molar-refractivity contribution in [3.05, 3.63) is 57.0 Å². The van der Waals surface area contributed by atoms with E-state index in [0.717, 1.165) is 6.42 Å². The number of aryl methyl sites for hydroxylation is 1. The number of nitrogens with one attached hydrogen (secondary N) is 1. The Kier molecular flexibility index (Phi) is 6.71. The number of nitrogens with zero attached hydrogens (tertiary/aromatic N) is 3. The normalized spacial score (nSPS) is 12.1. The number of hydrogen-bond acceptors (Lipinski definition) is 6. The Morgan fingerprint density at radius 1 is 1.20 bits per heavy atom. The van der Waals surface area contributed by atoms with Crippen LogP contribution in [0.2, 0.25) is 0 Å². The second kappa shape index (κ2) is 9.43. The lowest BCUT2D eigenvalue weighted by Gasteiger charge is -2.12. The van der Waals surface area contributed by atoms with Gasteiger partial charge in [-0.05, 0) is 38.3 Å². The molecule has 1 aromatic carbocycles. The summed E-state index contributed by atoms with van der Waals surface area (Å²) in [5, 5.41) is 0. The van der Waals surface area contributed by atoms with E-state index >= 15 is 0 Å². The number of ether oxygens (including phenoxy) is 2. The predicted molar refractivity (Wildman–Crippen MR) is 111 cm³/mol. The number of para-hydroxylation sites is 1. The van der Waals surface area contributed by atoms with E-state index < -0.39 is 11.2 Å². The van der Waals surface area contributed by atoms with Crippen molar-refractivity contribution in [2.24, 2.45) is 7.05 Å². The van der Waals surface area contributed by atoms with Crippen molar-refractivity contribution in [3.8, 4) is 5.75 Å². The highest BCUT2D eigenvalue weighted by Gasteiger charge is 2.16. The van der Waals surface area contributed by atoms with Gasteiger partial charge in [-0.25, -0.2) is 9.78 Å². The molecule has 0 fully saturated rings.